The topological polar surface area (TPSA) is 64.1 Å². The molecule has 0 atom stereocenters. The van der Waals surface area contributed by atoms with Gasteiger partial charge in [0.05, 0.1) is 5.39 Å². The van der Waals surface area contributed by atoms with Crippen LogP contribution in [0.1, 0.15) is 12.8 Å². The highest BCUT2D eigenvalue weighted by Crippen LogP contribution is 2.29. The fourth-order valence-corrected chi connectivity index (χ4v) is 2.16. The molecule has 2 aromatic rings. The van der Waals surface area contributed by atoms with Gasteiger partial charge in [0, 0.05) is 17.1 Å². The number of nitrogens with zero attached hydrogens (tertiary/aromatic N) is 1. The SMILES string of the molecule is NC1CC(Nc2noc3ccc(Cl)cc23)C1. The van der Waals surface area contributed by atoms with E-state index in [1.165, 1.54) is 0 Å². The lowest BCUT2D eigenvalue weighted by molar-refractivity contribution is 0.370. The van der Waals surface area contributed by atoms with E-state index in [1.807, 2.05) is 12.1 Å². The lowest BCUT2D eigenvalue weighted by atomic mass is 9.87. The van der Waals surface area contributed by atoms with Crippen LogP contribution in [0.3, 0.4) is 0 Å². The van der Waals surface area contributed by atoms with Crippen LogP contribution < -0.4 is 11.1 Å². The van der Waals surface area contributed by atoms with Crippen molar-refractivity contribution in [1.82, 2.24) is 5.16 Å². The molecule has 1 fully saturated rings. The van der Waals surface area contributed by atoms with Gasteiger partial charge < -0.3 is 15.6 Å². The molecule has 1 aliphatic carbocycles. The third-order valence-corrected chi connectivity index (χ3v) is 3.18. The molecule has 16 heavy (non-hydrogen) atoms. The number of aromatic nitrogens is 1. The lowest BCUT2D eigenvalue weighted by Crippen LogP contribution is -2.44. The first-order valence-corrected chi connectivity index (χ1v) is 5.67. The molecule has 1 aliphatic rings. The Hall–Kier alpha value is -1.26. The third kappa shape index (κ3) is 1.64. The van der Waals surface area contributed by atoms with Crippen molar-refractivity contribution < 1.29 is 4.52 Å². The molecule has 3 rings (SSSR count). The summed E-state index contributed by atoms with van der Waals surface area (Å²) in [6.45, 7) is 0. The molecule has 0 amide bonds. The van der Waals surface area contributed by atoms with E-state index in [4.69, 9.17) is 21.9 Å². The molecular weight excluding hydrogens is 226 g/mol. The summed E-state index contributed by atoms with van der Waals surface area (Å²) in [6, 6.07) is 6.19. The summed E-state index contributed by atoms with van der Waals surface area (Å²) in [7, 11) is 0. The Morgan fingerprint density at radius 2 is 2.25 bits per heavy atom. The first-order valence-electron chi connectivity index (χ1n) is 5.29. The lowest BCUT2D eigenvalue weighted by Gasteiger charge is -2.32. The highest BCUT2D eigenvalue weighted by atomic mass is 35.5. The maximum atomic E-state index is 5.94. The second-order valence-electron chi connectivity index (χ2n) is 4.24. The molecule has 0 spiro atoms. The van der Waals surface area contributed by atoms with E-state index < -0.39 is 0 Å². The van der Waals surface area contributed by atoms with Crippen molar-refractivity contribution in [2.24, 2.45) is 5.73 Å². The number of nitrogens with one attached hydrogen (secondary N) is 1. The van der Waals surface area contributed by atoms with Crippen molar-refractivity contribution in [3.63, 3.8) is 0 Å². The number of hydrogen-bond acceptors (Lipinski definition) is 4. The predicted molar refractivity (Wildman–Crippen MR) is 63.6 cm³/mol. The van der Waals surface area contributed by atoms with Crippen molar-refractivity contribution in [3.8, 4) is 0 Å². The van der Waals surface area contributed by atoms with E-state index in [2.05, 4.69) is 10.5 Å². The summed E-state index contributed by atoms with van der Waals surface area (Å²) in [4.78, 5) is 0. The molecule has 5 heteroatoms. The Morgan fingerprint density at radius 1 is 1.44 bits per heavy atom. The second kappa shape index (κ2) is 3.64. The molecule has 1 heterocycles. The Morgan fingerprint density at radius 3 is 3.00 bits per heavy atom. The zero-order valence-corrected chi connectivity index (χ0v) is 9.37. The molecule has 84 valence electrons. The van der Waals surface area contributed by atoms with Crippen molar-refractivity contribution in [1.29, 1.82) is 0 Å². The first kappa shape index (κ1) is 9.93. The molecule has 1 aromatic heterocycles. The van der Waals surface area contributed by atoms with Gasteiger partial charge in [-0.15, -0.1) is 0 Å². The highest BCUT2D eigenvalue weighted by molar-refractivity contribution is 6.31. The number of rotatable bonds is 2. The number of fused-ring (bicyclic) bond motifs is 1. The fraction of sp³-hybridized carbons (Fsp3) is 0.364. The van der Waals surface area contributed by atoms with Gasteiger partial charge in [-0.1, -0.05) is 16.8 Å². The number of hydrogen-bond donors (Lipinski definition) is 2. The van der Waals surface area contributed by atoms with Crippen LogP contribution >= 0.6 is 11.6 Å². The fourth-order valence-electron chi connectivity index (χ4n) is 1.99. The van der Waals surface area contributed by atoms with Crippen molar-refractivity contribution >= 4 is 28.4 Å². The van der Waals surface area contributed by atoms with Gasteiger partial charge in [-0.3, -0.25) is 0 Å². The zero-order valence-electron chi connectivity index (χ0n) is 8.61. The quantitative estimate of drug-likeness (QED) is 0.842. The molecule has 0 radical (unpaired) electrons. The monoisotopic (exact) mass is 237 g/mol. The summed E-state index contributed by atoms with van der Waals surface area (Å²) in [6.07, 6.45) is 1.96. The molecule has 4 nitrogen and oxygen atoms in total. The number of anilines is 1. The molecule has 0 bridgehead atoms. The van der Waals surface area contributed by atoms with Gasteiger partial charge in [-0.2, -0.15) is 0 Å². The molecule has 0 unspecified atom stereocenters. The van der Waals surface area contributed by atoms with Crippen molar-refractivity contribution in [2.45, 2.75) is 24.9 Å². The van der Waals surface area contributed by atoms with Gasteiger partial charge in [0.15, 0.2) is 11.4 Å². The van der Waals surface area contributed by atoms with Crippen molar-refractivity contribution in [3.05, 3.63) is 23.2 Å². The minimum Gasteiger partial charge on any atom is -0.364 e. The minimum atomic E-state index is 0.319. The summed E-state index contributed by atoms with van der Waals surface area (Å²) in [5, 5.41) is 8.92. The van der Waals surface area contributed by atoms with E-state index in [0.29, 0.717) is 17.1 Å². The summed E-state index contributed by atoms with van der Waals surface area (Å²) in [5.74, 6) is 0.759. The van der Waals surface area contributed by atoms with E-state index in [0.717, 1.165) is 29.6 Å². The normalized spacial score (nSPS) is 24.4. The van der Waals surface area contributed by atoms with Gasteiger partial charge in [-0.25, -0.2) is 0 Å². The predicted octanol–water partition coefficient (Wildman–Crippen LogP) is 2.38. The van der Waals surface area contributed by atoms with Crippen molar-refractivity contribution in [2.75, 3.05) is 5.32 Å². The van der Waals surface area contributed by atoms with Crippen LogP contribution in [0, 0.1) is 0 Å². The summed E-state index contributed by atoms with van der Waals surface area (Å²) in [5.41, 5.74) is 6.48. The van der Waals surface area contributed by atoms with E-state index >= 15 is 0 Å². The molecule has 3 N–H and O–H groups in total. The Kier molecular flexibility index (Phi) is 2.26. The highest BCUT2D eigenvalue weighted by Gasteiger charge is 2.26. The van der Waals surface area contributed by atoms with E-state index in [-0.39, 0.29) is 0 Å². The second-order valence-corrected chi connectivity index (χ2v) is 4.68. The number of nitrogens with two attached hydrogens (primary N) is 1. The average Bonchev–Trinajstić information content (AvgIpc) is 2.59. The third-order valence-electron chi connectivity index (χ3n) is 2.95. The van der Waals surface area contributed by atoms with Crippen LogP contribution in [0.2, 0.25) is 5.02 Å². The standard InChI is InChI=1S/C11H12ClN3O/c12-6-1-2-10-9(3-6)11(15-16-10)14-8-4-7(13)5-8/h1-3,7-8H,4-5,13H2,(H,14,15). The summed E-state index contributed by atoms with van der Waals surface area (Å²) >= 11 is 5.94. The van der Waals surface area contributed by atoms with Crippen LogP contribution in [0.4, 0.5) is 5.82 Å². The van der Waals surface area contributed by atoms with Gasteiger partial charge in [0.2, 0.25) is 0 Å². The van der Waals surface area contributed by atoms with Gasteiger partial charge in [-0.05, 0) is 31.0 Å². The van der Waals surface area contributed by atoms with Gasteiger partial charge >= 0.3 is 0 Å². The first-order chi connectivity index (χ1) is 7.72. The minimum absolute atomic E-state index is 0.319. The number of halogens is 1. The van der Waals surface area contributed by atoms with Crippen LogP contribution in [0.25, 0.3) is 11.0 Å². The average molecular weight is 238 g/mol. The molecular formula is C11H12ClN3O. The summed E-state index contributed by atoms with van der Waals surface area (Å²) < 4.78 is 5.20. The number of benzene rings is 1. The smallest absolute Gasteiger partial charge is 0.177 e. The maximum Gasteiger partial charge on any atom is 0.177 e. The molecule has 1 aromatic carbocycles. The van der Waals surface area contributed by atoms with Crippen LogP contribution in [0.5, 0.6) is 0 Å². The van der Waals surface area contributed by atoms with Gasteiger partial charge in [0.1, 0.15) is 0 Å². The molecule has 1 saturated carbocycles. The molecule has 0 aliphatic heterocycles. The van der Waals surface area contributed by atoms with E-state index in [1.54, 1.807) is 6.07 Å². The van der Waals surface area contributed by atoms with Crippen LogP contribution in [0.15, 0.2) is 22.7 Å². The van der Waals surface area contributed by atoms with E-state index in [9.17, 15) is 0 Å². The van der Waals surface area contributed by atoms with Crippen LogP contribution in [-0.2, 0) is 0 Å². The largest absolute Gasteiger partial charge is 0.364 e. The Balaban J connectivity index is 1.89. The maximum absolute atomic E-state index is 5.94. The Bertz CT molecular complexity index is 519. The van der Waals surface area contributed by atoms with Gasteiger partial charge in [0.25, 0.3) is 0 Å². The van der Waals surface area contributed by atoms with Crippen LogP contribution in [-0.4, -0.2) is 17.2 Å². The zero-order chi connectivity index (χ0) is 11.1. The Labute approximate surface area is 97.7 Å². The molecule has 0 saturated heterocycles.